The van der Waals surface area contributed by atoms with Crippen LogP contribution >= 0.6 is 0 Å². The molecule has 0 spiro atoms. The molecule has 124 valence electrons. The predicted molar refractivity (Wildman–Crippen MR) is 81.3 cm³/mol. The normalized spacial score (nSPS) is 18.6. The molecule has 1 atom stereocenters. The van der Waals surface area contributed by atoms with Gasteiger partial charge in [-0.2, -0.15) is 4.98 Å². The third-order valence-electron chi connectivity index (χ3n) is 3.92. The summed E-state index contributed by atoms with van der Waals surface area (Å²) in [6, 6.07) is 3.92. The third kappa shape index (κ3) is 3.06. The highest BCUT2D eigenvalue weighted by molar-refractivity contribution is 7.89. The number of nitrogens with zero attached hydrogens (tertiary/aromatic N) is 3. The fourth-order valence-corrected chi connectivity index (χ4v) is 3.43. The van der Waals surface area contributed by atoms with Crippen LogP contribution in [0.1, 0.15) is 24.1 Å². The van der Waals surface area contributed by atoms with E-state index in [1.807, 2.05) is 4.90 Å². The zero-order chi connectivity index (χ0) is 16.6. The quantitative estimate of drug-likeness (QED) is 0.905. The zero-order valence-corrected chi connectivity index (χ0v) is 13.6. The zero-order valence-electron chi connectivity index (χ0n) is 12.8. The molecule has 2 heterocycles. The number of rotatable bonds is 4. The molecule has 0 amide bonds. The molecular formula is C14H17FN4O3S. The van der Waals surface area contributed by atoms with Crippen LogP contribution in [0.25, 0.3) is 0 Å². The highest BCUT2D eigenvalue weighted by Crippen LogP contribution is 2.32. The van der Waals surface area contributed by atoms with Gasteiger partial charge in [-0.1, -0.05) is 5.16 Å². The van der Waals surface area contributed by atoms with E-state index in [1.165, 1.54) is 19.2 Å². The van der Waals surface area contributed by atoms with Gasteiger partial charge in [-0.25, -0.2) is 17.5 Å². The summed E-state index contributed by atoms with van der Waals surface area (Å²) in [6.07, 6.45) is 0.775. The van der Waals surface area contributed by atoms with E-state index in [0.29, 0.717) is 30.5 Å². The Balaban J connectivity index is 1.81. The van der Waals surface area contributed by atoms with Crippen LogP contribution in [-0.4, -0.2) is 38.7 Å². The molecule has 1 aromatic carbocycles. The first-order valence-corrected chi connectivity index (χ1v) is 8.67. The minimum atomic E-state index is -3.65. The summed E-state index contributed by atoms with van der Waals surface area (Å²) in [7, 11) is -2.36. The highest BCUT2D eigenvalue weighted by atomic mass is 32.2. The van der Waals surface area contributed by atoms with Crippen molar-refractivity contribution in [1.29, 1.82) is 0 Å². The molecule has 1 unspecified atom stereocenters. The molecule has 1 fully saturated rings. The summed E-state index contributed by atoms with van der Waals surface area (Å²) >= 11 is 0. The number of halogens is 1. The van der Waals surface area contributed by atoms with Crippen molar-refractivity contribution in [2.24, 2.45) is 0 Å². The van der Waals surface area contributed by atoms with E-state index in [4.69, 9.17) is 4.52 Å². The maximum absolute atomic E-state index is 14.3. The van der Waals surface area contributed by atoms with Crippen molar-refractivity contribution in [3.63, 3.8) is 0 Å². The largest absolute Gasteiger partial charge is 0.368 e. The molecule has 23 heavy (non-hydrogen) atoms. The van der Waals surface area contributed by atoms with Gasteiger partial charge in [0.1, 0.15) is 5.82 Å². The molecule has 9 heteroatoms. The van der Waals surface area contributed by atoms with Crippen molar-refractivity contribution in [3.8, 4) is 0 Å². The first-order chi connectivity index (χ1) is 10.9. The van der Waals surface area contributed by atoms with Gasteiger partial charge < -0.3 is 9.42 Å². The summed E-state index contributed by atoms with van der Waals surface area (Å²) in [6.45, 7) is 2.94. The fraction of sp³-hybridized carbons (Fsp3) is 0.429. The number of hydrogen-bond donors (Lipinski definition) is 1. The second-order valence-corrected chi connectivity index (χ2v) is 7.32. The van der Waals surface area contributed by atoms with Gasteiger partial charge in [0.2, 0.25) is 15.9 Å². The van der Waals surface area contributed by atoms with Crippen molar-refractivity contribution in [2.45, 2.75) is 24.2 Å². The standard InChI is InChI=1S/C14H17FN4O3S/c1-9-17-14(22-18-9)10-5-6-19(8-10)13-4-3-11(7-12(13)15)23(20,21)16-2/h3-4,7,10,16H,5-6,8H2,1-2H3. The van der Waals surface area contributed by atoms with Gasteiger partial charge in [0.15, 0.2) is 5.82 Å². The molecule has 3 rings (SSSR count). The van der Waals surface area contributed by atoms with Crippen molar-refractivity contribution >= 4 is 15.7 Å². The number of aryl methyl sites for hydroxylation is 1. The van der Waals surface area contributed by atoms with Crippen LogP contribution in [0, 0.1) is 12.7 Å². The minimum Gasteiger partial charge on any atom is -0.368 e. The van der Waals surface area contributed by atoms with Crippen molar-refractivity contribution < 1.29 is 17.3 Å². The van der Waals surface area contributed by atoms with Crippen LogP contribution in [-0.2, 0) is 10.0 Å². The summed E-state index contributed by atoms with van der Waals surface area (Å²) < 4.78 is 45.1. The van der Waals surface area contributed by atoms with E-state index in [0.717, 1.165) is 12.5 Å². The lowest BCUT2D eigenvalue weighted by molar-refractivity contribution is 0.356. The lowest BCUT2D eigenvalue weighted by Gasteiger charge is -2.19. The number of benzene rings is 1. The predicted octanol–water partition coefficient (Wildman–Crippen LogP) is 1.42. The van der Waals surface area contributed by atoms with Gasteiger partial charge in [-0.05, 0) is 38.6 Å². The Morgan fingerprint density at radius 1 is 1.43 bits per heavy atom. The molecule has 1 aliphatic rings. The van der Waals surface area contributed by atoms with Crippen molar-refractivity contribution in [1.82, 2.24) is 14.9 Å². The van der Waals surface area contributed by atoms with Crippen molar-refractivity contribution in [3.05, 3.63) is 35.7 Å². The van der Waals surface area contributed by atoms with E-state index in [1.54, 1.807) is 6.92 Å². The van der Waals surface area contributed by atoms with Crippen LogP contribution in [0.4, 0.5) is 10.1 Å². The van der Waals surface area contributed by atoms with Crippen LogP contribution in [0.15, 0.2) is 27.6 Å². The van der Waals surface area contributed by atoms with Gasteiger partial charge in [0.25, 0.3) is 0 Å². The monoisotopic (exact) mass is 340 g/mol. The molecular weight excluding hydrogens is 323 g/mol. The number of anilines is 1. The fourth-order valence-electron chi connectivity index (χ4n) is 2.69. The topological polar surface area (TPSA) is 88.3 Å². The number of hydrogen-bond acceptors (Lipinski definition) is 6. The lowest BCUT2D eigenvalue weighted by Crippen LogP contribution is -2.22. The third-order valence-corrected chi connectivity index (χ3v) is 5.33. The number of aromatic nitrogens is 2. The minimum absolute atomic E-state index is 0.0521. The Bertz CT molecular complexity index is 821. The average Bonchev–Trinajstić information content (AvgIpc) is 3.16. The molecule has 0 aliphatic carbocycles. The SMILES string of the molecule is CNS(=O)(=O)c1ccc(N2CCC(c3nc(C)no3)C2)c(F)c1. The van der Waals surface area contributed by atoms with Gasteiger partial charge in [-0.15, -0.1) is 0 Å². The van der Waals surface area contributed by atoms with Crippen LogP contribution in [0.2, 0.25) is 0 Å². The van der Waals surface area contributed by atoms with E-state index in [2.05, 4.69) is 14.9 Å². The summed E-state index contributed by atoms with van der Waals surface area (Å²) in [5.41, 5.74) is 0.374. The molecule has 2 aromatic rings. The van der Waals surface area contributed by atoms with E-state index in [9.17, 15) is 12.8 Å². The van der Waals surface area contributed by atoms with Crippen LogP contribution in [0.5, 0.6) is 0 Å². The molecule has 7 nitrogen and oxygen atoms in total. The number of sulfonamides is 1. The second kappa shape index (κ2) is 5.89. The second-order valence-electron chi connectivity index (χ2n) is 5.43. The first-order valence-electron chi connectivity index (χ1n) is 7.19. The summed E-state index contributed by atoms with van der Waals surface area (Å²) in [5.74, 6) is 0.617. The molecule has 1 saturated heterocycles. The summed E-state index contributed by atoms with van der Waals surface area (Å²) in [5, 5.41) is 3.77. The molecule has 0 saturated carbocycles. The maximum Gasteiger partial charge on any atom is 0.240 e. The Morgan fingerprint density at radius 3 is 2.83 bits per heavy atom. The van der Waals surface area contributed by atoms with E-state index >= 15 is 0 Å². The Hall–Kier alpha value is -2.00. The van der Waals surface area contributed by atoms with Crippen LogP contribution < -0.4 is 9.62 Å². The Kier molecular flexibility index (Phi) is 4.07. The number of nitrogens with one attached hydrogen (secondary N) is 1. The van der Waals surface area contributed by atoms with Gasteiger partial charge in [-0.3, -0.25) is 0 Å². The molecule has 1 aromatic heterocycles. The molecule has 1 N–H and O–H groups in total. The lowest BCUT2D eigenvalue weighted by atomic mass is 10.1. The van der Waals surface area contributed by atoms with Gasteiger partial charge >= 0.3 is 0 Å². The van der Waals surface area contributed by atoms with Crippen molar-refractivity contribution in [2.75, 3.05) is 25.0 Å². The molecule has 0 bridgehead atoms. The van der Waals surface area contributed by atoms with E-state index < -0.39 is 15.8 Å². The van der Waals surface area contributed by atoms with E-state index in [-0.39, 0.29) is 10.8 Å². The highest BCUT2D eigenvalue weighted by Gasteiger charge is 2.30. The summed E-state index contributed by atoms with van der Waals surface area (Å²) in [4.78, 5) is 5.98. The Labute approximate surface area is 133 Å². The van der Waals surface area contributed by atoms with Gasteiger partial charge in [0, 0.05) is 13.1 Å². The smallest absolute Gasteiger partial charge is 0.240 e. The van der Waals surface area contributed by atoms with Gasteiger partial charge in [0.05, 0.1) is 16.5 Å². The van der Waals surface area contributed by atoms with Crippen LogP contribution in [0.3, 0.4) is 0 Å². The first kappa shape index (κ1) is 15.9. The maximum atomic E-state index is 14.3. The Morgan fingerprint density at radius 2 is 2.22 bits per heavy atom. The molecule has 0 radical (unpaired) electrons. The molecule has 1 aliphatic heterocycles. The average molecular weight is 340 g/mol.